The maximum Gasteiger partial charge on any atom is 0.121 e. The summed E-state index contributed by atoms with van der Waals surface area (Å²) < 4.78 is 0. The van der Waals surface area contributed by atoms with Crippen molar-refractivity contribution in [2.75, 3.05) is 0 Å². The Bertz CT molecular complexity index is 566. The molecule has 0 aromatic heterocycles. The second-order valence-electron chi connectivity index (χ2n) is 5.11. The highest BCUT2D eigenvalue weighted by molar-refractivity contribution is 5.43. The van der Waals surface area contributed by atoms with Gasteiger partial charge in [0.2, 0.25) is 0 Å². The topological polar surface area (TPSA) is 40.5 Å². The van der Waals surface area contributed by atoms with Crippen molar-refractivity contribution in [3.8, 4) is 11.5 Å². The van der Waals surface area contributed by atoms with Gasteiger partial charge in [0.1, 0.15) is 11.5 Å². The molecule has 2 heteroatoms. The Morgan fingerprint density at radius 2 is 1.25 bits per heavy atom. The number of rotatable bonds is 1. The third-order valence-corrected chi connectivity index (χ3v) is 3.57. The van der Waals surface area contributed by atoms with E-state index in [2.05, 4.69) is 13.0 Å². The van der Waals surface area contributed by atoms with Crippen molar-refractivity contribution in [2.24, 2.45) is 0 Å². The molecule has 0 saturated carbocycles. The molecule has 2 nitrogen and oxygen atoms in total. The summed E-state index contributed by atoms with van der Waals surface area (Å²) in [5, 5.41) is 18.7. The first-order chi connectivity index (χ1) is 9.38. The maximum atomic E-state index is 9.52. The number of aryl methyl sites for hydroxylation is 4. The van der Waals surface area contributed by atoms with E-state index in [9.17, 15) is 10.2 Å². The first kappa shape index (κ1) is 16.1. The average molecular weight is 272 g/mol. The quantitative estimate of drug-likeness (QED) is 0.797. The SMILES string of the molecule is CCc1ccc(C)c(O)c1C.Cc1cccc(C)c1O. The molecule has 0 heterocycles. The van der Waals surface area contributed by atoms with Gasteiger partial charge in [-0.25, -0.2) is 0 Å². The van der Waals surface area contributed by atoms with Crippen molar-refractivity contribution in [3.05, 3.63) is 58.1 Å². The van der Waals surface area contributed by atoms with E-state index in [0.717, 1.165) is 28.7 Å². The van der Waals surface area contributed by atoms with Crippen molar-refractivity contribution in [2.45, 2.75) is 41.0 Å². The summed E-state index contributed by atoms with van der Waals surface area (Å²) in [4.78, 5) is 0. The number of phenolic OH excluding ortho intramolecular Hbond substituents is 2. The summed E-state index contributed by atoms with van der Waals surface area (Å²) in [6.45, 7) is 9.75. The average Bonchev–Trinajstić information content (AvgIpc) is 2.43. The fraction of sp³-hybridized carbons (Fsp3) is 0.333. The van der Waals surface area contributed by atoms with Crippen LogP contribution in [0.25, 0.3) is 0 Å². The molecule has 2 rings (SSSR count). The fourth-order valence-corrected chi connectivity index (χ4v) is 2.07. The molecule has 0 spiro atoms. The van der Waals surface area contributed by atoms with Gasteiger partial charge in [0.25, 0.3) is 0 Å². The van der Waals surface area contributed by atoms with Crippen LogP contribution in [0.5, 0.6) is 11.5 Å². The lowest BCUT2D eigenvalue weighted by Gasteiger charge is -2.06. The Morgan fingerprint density at radius 3 is 1.70 bits per heavy atom. The Balaban J connectivity index is 0.000000204. The van der Waals surface area contributed by atoms with Crippen molar-refractivity contribution >= 4 is 0 Å². The molecule has 0 fully saturated rings. The Morgan fingerprint density at radius 1 is 0.750 bits per heavy atom. The number of hydrogen-bond donors (Lipinski definition) is 2. The molecule has 2 aromatic rings. The molecule has 0 aliphatic carbocycles. The third kappa shape index (κ3) is 3.77. The molecule has 0 radical (unpaired) electrons. The van der Waals surface area contributed by atoms with E-state index in [1.165, 1.54) is 5.56 Å². The van der Waals surface area contributed by atoms with Crippen molar-refractivity contribution in [3.63, 3.8) is 0 Å². The molecule has 0 saturated heterocycles. The summed E-state index contributed by atoms with van der Waals surface area (Å²) in [5.74, 6) is 0.863. The van der Waals surface area contributed by atoms with Crippen LogP contribution >= 0.6 is 0 Å². The van der Waals surface area contributed by atoms with Gasteiger partial charge in [-0.1, -0.05) is 37.3 Å². The minimum Gasteiger partial charge on any atom is -0.507 e. The van der Waals surface area contributed by atoms with E-state index in [0.29, 0.717) is 11.5 Å². The second kappa shape index (κ2) is 6.99. The van der Waals surface area contributed by atoms with Gasteiger partial charge in [0, 0.05) is 0 Å². The van der Waals surface area contributed by atoms with Crippen LogP contribution in [0, 0.1) is 27.7 Å². The second-order valence-corrected chi connectivity index (χ2v) is 5.11. The van der Waals surface area contributed by atoms with Gasteiger partial charge < -0.3 is 10.2 Å². The molecule has 0 aliphatic rings. The van der Waals surface area contributed by atoms with Gasteiger partial charge >= 0.3 is 0 Å². The van der Waals surface area contributed by atoms with Gasteiger partial charge in [0.15, 0.2) is 0 Å². The van der Waals surface area contributed by atoms with Gasteiger partial charge in [-0.05, 0) is 61.9 Å². The molecule has 0 bridgehead atoms. The van der Waals surface area contributed by atoms with Gasteiger partial charge in [0.05, 0.1) is 0 Å². The lowest BCUT2D eigenvalue weighted by Crippen LogP contribution is -1.88. The summed E-state index contributed by atoms with van der Waals surface area (Å²) >= 11 is 0. The van der Waals surface area contributed by atoms with Crippen molar-refractivity contribution < 1.29 is 10.2 Å². The third-order valence-electron chi connectivity index (χ3n) is 3.57. The lowest BCUT2D eigenvalue weighted by atomic mass is 10.0. The zero-order chi connectivity index (χ0) is 15.3. The van der Waals surface area contributed by atoms with Crippen LogP contribution in [-0.4, -0.2) is 10.2 Å². The number of para-hydroxylation sites is 1. The van der Waals surface area contributed by atoms with E-state index < -0.39 is 0 Å². The van der Waals surface area contributed by atoms with E-state index in [1.807, 2.05) is 52.0 Å². The largest absolute Gasteiger partial charge is 0.507 e. The number of aromatic hydroxyl groups is 2. The van der Waals surface area contributed by atoms with E-state index in [4.69, 9.17) is 0 Å². The lowest BCUT2D eigenvalue weighted by molar-refractivity contribution is 0.466. The molecular weight excluding hydrogens is 248 g/mol. The molecule has 108 valence electrons. The molecule has 2 aromatic carbocycles. The molecule has 0 atom stereocenters. The standard InChI is InChI=1S/C10H14O.C8H10O/c1-4-9-6-5-7(2)10(11)8(9)3;1-6-4-3-5-7(2)8(6)9/h5-6,11H,4H2,1-3H3;3-5,9H,1-2H3. The smallest absolute Gasteiger partial charge is 0.121 e. The van der Waals surface area contributed by atoms with Crippen LogP contribution in [0.15, 0.2) is 30.3 Å². The van der Waals surface area contributed by atoms with Crippen molar-refractivity contribution in [1.82, 2.24) is 0 Å². The number of benzene rings is 2. The minimum atomic E-state index is 0.414. The van der Waals surface area contributed by atoms with Crippen LogP contribution in [0.3, 0.4) is 0 Å². The van der Waals surface area contributed by atoms with Crippen LogP contribution in [0.2, 0.25) is 0 Å². The summed E-state index contributed by atoms with van der Waals surface area (Å²) in [6.07, 6.45) is 0.986. The van der Waals surface area contributed by atoms with E-state index in [-0.39, 0.29) is 0 Å². The van der Waals surface area contributed by atoms with Crippen LogP contribution in [0.1, 0.15) is 34.7 Å². The van der Waals surface area contributed by atoms with Crippen LogP contribution in [-0.2, 0) is 6.42 Å². The Kier molecular flexibility index (Phi) is 5.63. The summed E-state index contributed by atoms with van der Waals surface area (Å²) in [6, 6.07) is 9.75. The summed E-state index contributed by atoms with van der Waals surface area (Å²) in [7, 11) is 0. The highest BCUT2D eigenvalue weighted by Gasteiger charge is 2.03. The maximum absolute atomic E-state index is 9.52. The zero-order valence-corrected chi connectivity index (χ0v) is 13.0. The van der Waals surface area contributed by atoms with Gasteiger partial charge in [-0.3, -0.25) is 0 Å². The van der Waals surface area contributed by atoms with E-state index >= 15 is 0 Å². The minimum absolute atomic E-state index is 0.414. The summed E-state index contributed by atoms with van der Waals surface area (Å²) in [5.41, 5.74) is 5.09. The number of hydrogen-bond acceptors (Lipinski definition) is 2. The Hall–Kier alpha value is -1.96. The van der Waals surface area contributed by atoms with Crippen LogP contribution < -0.4 is 0 Å². The fourth-order valence-electron chi connectivity index (χ4n) is 2.07. The first-order valence-corrected chi connectivity index (χ1v) is 6.91. The molecule has 2 N–H and O–H groups in total. The molecule has 0 unspecified atom stereocenters. The predicted octanol–water partition coefficient (Wildman–Crippen LogP) is 4.58. The number of phenols is 2. The van der Waals surface area contributed by atoms with Crippen LogP contribution in [0.4, 0.5) is 0 Å². The highest BCUT2D eigenvalue weighted by atomic mass is 16.3. The molecule has 20 heavy (non-hydrogen) atoms. The molecular formula is C18H24O2. The van der Waals surface area contributed by atoms with Gasteiger partial charge in [-0.15, -0.1) is 0 Å². The molecule has 0 aliphatic heterocycles. The van der Waals surface area contributed by atoms with Gasteiger partial charge in [-0.2, -0.15) is 0 Å². The monoisotopic (exact) mass is 272 g/mol. The predicted molar refractivity (Wildman–Crippen MR) is 84.5 cm³/mol. The Labute approximate surface area is 121 Å². The first-order valence-electron chi connectivity index (χ1n) is 6.91. The van der Waals surface area contributed by atoms with Crippen molar-refractivity contribution in [1.29, 1.82) is 0 Å². The normalized spacial score (nSPS) is 9.85. The highest BCUT2D eigenvalue weighted by Crippen LogP contribution is 2.24. The zero-order valence-electron chi connectivity index (χ0n) is 13.0. The van der Waals surface area contributed by atoms with E-state index in [1.54, 1.807) is 0 Å². The molecule has 0 amide bonds.